The van der Waals surface area contributed by atoms with Crippen molar-refractivity contribution in [2.24, 2.45) is 0 Å². The summed E-state index contributed by atoms with van der Waals surface area (Å²) in [5.74, 6) is 0.529. The molecule has 0 aliphatic heterocycles. The number of carbonyl (C=O) groups excluding carboxylic acids is 1. The van der Waals surface area contributed by atoms with Crippen LogP contribution in [-0.2, 0) is 11.3 Å². The summed E-state index contributed by atoms with van der Waals surface area (Å²) in [4.78, 5) is 14.1. The van der Waals surface area contributed by atoms with Gasteiger partial charge in [-0.1, -0.05) is 29.8 Å². The minimum atomic E-state index is -0.166. The van der Waals surface area contributed by atoms with Gasteiger partial charge in [-0.3, -0.25) is 4.79 Å². The van der Waals surface area contributed by atoms with Gasteiger partial charge in [0.05, 0.1) is 0 Å². The van der Waals surface area contributed by atoms with E-state index in [1.807, 2.05) is 55.5 Å². The Bertz CT molecular complexity index is 667. The lowest BCUT2D eigenvalue weighted by Gasteiger charge is -2.10. The molecule has 0 fully saturated rings. The summed E-state index contributed by atoms with van der Waals surface area (Å²) in [7, 11) is 4.17. The highest BCUT2D eigenvalue weighted by Crippen LogP contribution is 2.13. The first-order valence-corrected chi connectivity index (χ1v) is 8.96. The van der Waals surface area contributed by atoms with Crippen LogP contribution in [0.3, 0.4) is 0 Å². The highest BCUT2D eigenvalue weighted by molar-refractivity contribution is 5.91. The molecule has 0 atom stereocenters. The number of benzene rings is 2. The highest BCUT2D eigenvalue weighted by Gasteiger charge is 2.04. The molecule has 0 spiro atoms. The van der Waals surface area contributed by atoms with Gasteiger partial charge in [-0.2, -0.15) is 0 Å². The summed E-state index contributed by atoms with van der Waals surface area (Å²) in [6.07, 6.45) is 1.13. The summed E-state index contributed by atoms with van der Waals surface area (Å²) in [5.41, 5.74) is 3.14. The molecule has 0 radical (unpaired) electrons. The van der Waals surface area contributed by atoms with Crippen LogP contribution in [0.15, 0.2) is 48.5 Å². The third-order valence-electron chi connectivity index (χ3n) is 3.92. The van der Waals surface area contributed by atoms with Crippen LogP contribution >= 0.6 is 0 Å². The Labute approximate surface area is 156 Å². The maximum atomic E-state index is 11.9. The van der Waals surface area contributed by atoms with E-state index >= 15 is 0 Å². The van der Waals surface area contributed by atoms with Gasteiger partial charge in [0.15, 0.2) is 6.61 Å². The van der Waals surface area contributed by atoms with Crippen molar-refractivity contribution in [2.45, 2.75) is 19.9 Å². The summed E-state index contributed by atoms with van der Waals surface area (Å²) < 4.78 is 5.55. The lowest BCUT2D eigenvalue weighted by atomic mass is 10.2. The molecule has 0 unspecified atom stereocenters. The van der Waals surface area contributed by atoms with Gasteiger partial charge in [0.2, 0.25) is 0 Å². The second-order valence-corrected chi connectivity index (χ2v) is 6.68. The normalized spacial score (nSPS) is 10.8. The van der Waals surface area contributed by atoms with Crippen molar-refractivity contribution in [3.63, 3.8) is 0 Å². The Morgan fingerprint density at radius 3 is 2.38 bits per heavy atom. The third-order valence-corrected chi connectivity index (χ3v) is 3.92. The van der Waals surface area contributed by atoms with Crippen LogP contribution in [0, 0.1) is 6.92 Å². The van der Waals surface area contributed by atoms with Gasteiger partial charge < -0.3 is 20.3 Å². The van der Waals surface area contributed by atoms with Gasteiger partial charge in [0.1, 0.15) is 5.75 Å². The maximum Gasteiger partial charge on any atom is 0.262 e. The number of hydrogen-bond acceptors (Lipinski definition) is 4. The number of anilines is 1. The molecule has 140 valence electrons. The van der Waals surface area contributed by atoms with E-state index in [0.29, 0.717) is 5.75 Å². The largest absolute Gasteiger partial charge is 0.484 e. The molecular formula is C21H29N3O2. The highest BCUT2D eigenvalue weighted by atomic mass is 16.5. The zero-order valence-electron chi connectivity index (χ0n) is 15.9. The molecule has 2 rings (SSSR count). The van der Waals surface area contributed by atoms with Crippen LogP contribution in [0.2, 0.25) is 0 Å². The first-order chi connectivity index (χ1) is 12.5. The summed E-state index contributed by atoms with van der Waals surface area (Å²) in [6.45, 7) is 4.93. The summed E-state index contributed by atoms with van der Waals surface area (Å²) in [5, 5.41) is 6.25. The van der Waals surface area contributed by atoms with Gasteiger partial charge in [0.25, 0.3) is 5.91 Å². The summed E-state index contributed by atoms with van der Waals surface area (Å²) in [6, 6.07) is 15.5. The molecule has 2 aromatic rings. The van der Waals surface area contributed by atoms with E-state index in [1.54, 1.807) is 0 Å². The summed E-state index contributed by atoms with van der Waals surface area (Å²) >= 11 is 0. The van der Waals surface area contributed by atoms with Crippen LogP contribution in [0.25, 0.3) is 0 Å². The van der Waals surface area contributed by atoms with E-state index in [9.17, 15) is 4.79 Å². The maximum absolute atomic E-state index is 11.9. The van der Waals surface area contributed by atoms with Gasteiger partial charge in [-0.15, -0.1) is 0 Å². The first-order valence-electron chi connectivity index (χ1n) is 8.96. The molecule has 0 saturated heterocycles. The van der Waals surface area contributed by atoms with E-state index in [0.717, 1.165) is 37.3 Å². The lowest BCUT2D eigenvalue weighted by Crippen LogP contribution is -2.21. The lowest BCUT2D eigenvalue weighted by molar-refractivity contribution is -0.118. The van der Waals surface area contributed by atoms with E-state index in [-0.39, 0.29) is 12.5 Å². The number of nitrogens with one attached hydrogen (secondary N) is 2. The third kappa shape index (κ3) is 7.68. The fourth-order valence-corrected chi connectivity index (χ4v) is 2.44. The van der Waals surface area contributed by atoms with Crippen molar-refractivity contribution in [3.05, 3.63) is 59.7 Å². The second kappa shape index (κ2) is 10.6. The van der Waals surface area contributed by atoms with Crippen molar-refractivity contribution in [2.75, 3.05) is 39.1 Å². The fraction of sp³-hybridized carbons (Fsp3) is 0.381. The molecule has 0 aliphatic carbocycles. The van der Waals surface area contributed by atoms with Crippen molar-refractivity contribution in [3.8, 4) is 5.75 Å². The van der Waals surface area contributed by atoms with Crippen molar-refractivity contribution < 1.29 is 9.53 Å². The van der Waals surface area contributed by atoms with Crippen LogP contribution in [0.1, 0.15) is 17.5 Å². The molecule has 5 nitrogen and oxygen atoms in total. The van der Waals surface area contributed by atoms with Crippen LogP contribution in [0.5, 0.6) is 5.75 Å². The molecule has 0 aliphatic rings. The van der Waals surface area contributed by atoms with Gasteiger partial charge in [-0.05, 0) is 70.4 Å². The molecular weight excluding hydrogens is 326 g/mol. The molecule has 0 bridgehead atoms. The Balaban J connectivity index is 1.68. The smallest absolute Gasteiger partial charge is 0.262 e. The van der Waals surface area contributed by atoms with Crippen LogP contribution in [0.4, 0.5) is 5.69 Å². The van der Waals surface area contributed by atoms with Crippen LogP contribution in [-0.4, -0.2) is 44.6 Å². The topological polar surface area (TPSA) is 53.6 Å². The van der Waals surface area contributed by atoms with E-state index < -0.39 is 0 Å². The predicted octanol–water partition coefficient (Wildman–Crippen LogP) is 3.05. The molecule has 2 N–H and O–H groups in total. The van der Waals surface area contributed by atoms with E-state index in [1.165, 1.54) is 5.56 Å². The number of nitrogens with zero attached hydrogens (tertiary/aromatic N) is 1. The number of hydrogen-bond donors (Lipinski definition) is 2. The molecule has 26 heavy (non-hydrogen) atoms. The fourth-order valence-electron chi connectivity index (χ4n) is 2.44. The molecule has 1 amide bonds. The molecule has 0 heterocycles. The molecule has 5 heteroatoms. The Morgan fingerprint density at radius 1 is 1.04 bits per heavy atom. The van der Waals surface area contributed by atoms with Gasteiger partial charge in [0, 0.05) is 12.2 Å². The predicted molar refractivity (Wildman–Crippen MR) is 107 cm³/mol. The average molecular weight is 355 g/mol. The zero-order chi connectivity index (χ0) is 18.8. The minimum absolute atomic E-state index is 0.00396. The SMILES string of the molecule is Cc1ccc(NC(=O)COc2ccc(CNCCCN(C)C)cc2)cc1. The van der Waals surface area contributed by atoms with Gasteiger partial charge >= 0.3 is 0 Å². The monoisotopic (exact) mass is 355 g/mol. The van der Waals surface area contributed by atoms with Crippen LogP contribution < -0.4 is 15.4 Å². The van der Waals surface area contributed by atoms with E-state index in [2.05, 4.69) is 29.6 Å². The standard InChI is InChI=1S/C21H29N3O2/c1-17-5-9-19(10-6-17)23-21(25)16-26-20-11-7-18(8-12-20)15-22-13-4-14-24(2)3/h5-12,22H,4,13-16H2,1-3H3,(H,23,25). The Morgan fingerprint density at radius 2 is 1.73 bits per heavy atom. The van der Waals surface area contributed by atoms with Crippen molar-refractivity contribution in [1.29, 1.82) is 0 Å². The first kappa shape index (κ1) is 19.9. The zero-order valence-corrected chi connectivity index (χ0v) is 15.9. The Hall–Kier alpha value is -2.37. The number of aryl methyl sites for hydroxylation is 1. The number of carbonyl (C=O) groups is 1. The molecule has 0 saturated carbocycles. The quantitative estimate of drug-likeness (QED) is 0.643. The number of ether oxygens (including phenoxy) is 1. The van der Waals surface area contributed by atoms with Crippen molar-refractivity contribution >= 4 is 11.6 Å². The van der Waals surface area contributed by atoms with E-state index in [4.69, 9.17) is 4.74 Å². The molecule has 0 aromatic heterocycles. The number of amides is 1. The van der Waals surface area contributed by atoms with Crippen molar-refractivity contribution in [1.82, 2.24) is 10.2 Å². The minimum Gasteiger partial charge on any atom is -0.484 e. The second-order valence-electron chi connectivity index (χ2n) is 6.68. The van der Waals surface area contributed by atoms with Gasteiger partial charge in [-0.25, -0.2) is 0 Å². The number of rotatable bonds is 10. The molecule has 2 aromatic carbocycles. The average Bonchev–Trinajstić information content (AvgIpc) is 2.62. The Kier molecular flexibility index (Phi) is 8.12.